The van der Waals surface area contributed by atoms with Crippen LogP contribution in [0.15, 0.2) is 36.7 Å². The zero-order valence-corrected chi connectivity index (χ0v) is 15.8. The van der Waals surface area contributed by atoms with Crippen LogP contribution in [0.1, 0.15) is 29.0 Å². The third-order valence-corrected chi connectivity index (χ3v) is 5.52. The lowest BCUT2D eigenvalue weighted by Gasteiger charge is -2.32. The van der Waals surface area contributed by atoms with Crippen molar-refractivity contribution in [1.82, 2.24) is 19.8 Å². The molecule has 0 aliphatic carbocycles. The monoisotopic (exact) mass is 370 g/mol. The number of aryl methyl sites for hydroxylation is 1. The Morgan fingerprint density at radius 3 is 2.89 bits per heavy atom. The van der Waals surface area contributed by atoms with E-state index in [-0.39, 0.29) is 18.1 Å². The van der Waals surface area contributed by atoms with Crippen LogP contribution < -0.4 is 10.1 Å². The van der Waals surface area contributed by atoms with Gasteiger partial charge in [-0.1, -0.05) is 12.1 Å². The first kappa shape index (κ1) is 18.0. The number of fused-ring (bicyclic) bond motifs is 1. The number of hydrogen-bond donors (Lipinski definition) is 1. The van der Waals surface area contributed by atoms with E-state index in [1.54, 1.807) is 24.1 Å². The number of benzene rings is 1. The molecule has 1 aromatic heterocycles. The Hall–Kier alpha value is -2.38. The third kappa shape index (κ3) is 3.70. The van der Waals surface area contributed by atoms with Crippen molar-refractivity contribution in [2.75, 3.05) is 20.3 Å². The highest BCUT2D eigenvalue weighted by Gasteiger charge is 2.44. The summed E-state index contributed by atoms with van der Waals surface area (Å²) in [6, 6.07) is 8.46. The van der Waals surface area contributed by atoms with E-state index in [1.165, 1.54) is 5.56 Å². The van der Waals surface area contributed by atoms with Gasteiger partial charge < -0.3 is 19.4 Å². The molecule has 1 amide bonds. The van der Waals surface area contributed by atoms with Crippen LogP contribution in [0.25, 0.3) is 0 Å². The number of aromatic nitrogens is 2. The molecule has 144 valence electrons. The molecule has 2 saturated heterocycles. The van der Waals surface area contributed by atoms with E-state index in [4.69, 9.17) is 9.47 Å². The fourth-order valence-corrected chi connectivity index (χ4v) is 4.15. The Bertz CT molecular complexity index is 789. The van der Waals surface area contributed by atoms with Crippen LogP contribution in [0.2, 0.25) is 0 Å². The van der Waals surface area contributed by atoms with Gasteiger partial charge in [-0.25, -0.2) is 4.98 Å². The molecule has 2 aliphatic rings. The minimum Gasteiger partial charge on any atom is -0.497 e. The highest BCUT2D eigenvalue weighted by molar-refractivity contribution is 5.91. The lowest BCUT2D eigenvalue weighted by molar-refractivity contribution is -0.0211. The fraction of sp³-hybridized carbons (Fsp3) is 0.500. The second-order valence-corrected chi connectivity index (χ2v) is 7.26. The van der Waals surface area contributed by atoms with E-state index in [9.17, 15) is 4.79 Å². The Morgan fingerprint density at radius 1 is 1.37 bits per heavy atom. The van der Waals surface area contributed by atoms with Crippen LogP contribution in [0.4, 0.5) is 0 Å². The van der Waals surface area contributed by atoms with E-state index in [0.717, 1.165) is 38.3 Å². The molecule has 2 aliphatic heterocycles. The number of nitrogens with one attached hydrogen (secondary N) is 1. The highest BCUT2D eigenvalue weighted by atomic mass is 16.5. The number of carbonyl (C=O) groups excluding carboxylic acids is 1. The van der Waals surface area contributed by atoms with Gasteiger partial charge in [-0.3, -0.25) is 9.69 Å². The third-order valence-electron chi connectivity index (χ3n) is 5.52. The maximum Gasteiger partial charge on any atom is 0.287 e. The Labute approximate surface area is 159 Å². The summed E-state index contributed by atoms with van der Waals surface area (Å²) in [5, 5.41) is 3.15. The molecule has 2 aromatic rings. The van der Waals surface area contributed by atoms with Gasteiger partial charge in [-0.2, -0.15) is 0 Å². The second kappa shape index (κ2) is 7.70. The Balaban J connectivity index is 1.47. The van der Waals surface area contributed by atoms with E-state index in [2.05, 4.69) is 27.3 Å². The van der Waals surface area contributed by atoms with Gasteiger partial charge in [-0.15, -0.1) is 0 Å². The lowest BCUT2D eigenvalue weighted by atomic mass is 10.0. The van der Waals surface area contributed by atoms with Crippen molar-refractivity contribution in [2.24, 2.45) is 7.05 Å². The number of hydrogen-bond acceptors (Lipinski definition) is 5. The molecule has 0 radical (unpaired) electrons. The maximum absolute atomic E-state index is 12.6. The van der Waals surface area contributed by atoms with Crippen LogP contribution in [0.3, 0.4) is 0 Å². The molecular weight excluding hydrogens is 344 g/mol. The first-order valence-electron chi connectivity index (χ1n) is 9.42. The number of methoxy groups -OCH3 is 1. The largest absolute Gasteiger partial charge is 0.497 e. The number of likely N-dealkylation sites (tertiary alicyclic amines) is 1. The molecule has 1 N–H and O–H groups in total. The molecule has 3 heterocycles. The number of carbonyl (C=O) groups is 1. The summed E-state index contributed by atoms with van der Waals surface area (Å²) in [6.07, 6.45) is 5.59. The fourth-order valence-electron chi connectivity index (χ4n) is 4.15. The van der Waals surface area contributed by atoms with Gasteiger partial charge in [0.2, 0.25) is 0 Å². The molecule has 0 unspecified atom stereocenters. The minimum atomic E-state index is -0.147. The van der Waals surface area contributed by atoms with Crippen molar-refractivity contribution in [2.45, 2.75) is 37.6 Å². The number of nitrogens with zero attached hydrogens (tertiary/aromatic N) is 3. The average Bonchev–Trinajstić information content (AvgIpc) is 3.27. The average molecular weight is 370 g/mol. The normalized spacial score (nSPS) is 25.2. The smallest absolute Gasteiger partial charge is 0.287 e. The molecule has 27 heavy (non-hydrogen) atoms. The van der Waals surface area contributed by atoms with Crippen molar-refractivity contribution >= 4 is 5.91 Å². The molecule has 3 atom stereocenters. The number of ether oxygens (including phenoxy) is 2. The molecule has 7 heteroatoms. The van der Waals surface area contributed by atoms with Gasteiger partial charge in [0.25, 0.3) is 5.91 Å². The second-order valence-electron chi connectivity index (χ2n) is 7.26. The molecule has 2 fully saturated rings. The molecule has 7 nitrogen and oxygen atoms in total. The summed E-state index contributed by atoms with van der Waals surface area (Å²) >= 11 is 0. The van der Waals surface area contributed by atoms with Gasteiger partial charge in [0.15, 0.2) is 5.82 Å². The van der Waals surface area contributed by atoms with Crippen LogP contribution in [-0.4, -0.2) is 58.8 Å². The molecule has 0 saturated carbocycles. The predicted octanol–water partition coefficient (Wildman–Crippen LogP) is 1.59. The van der Waals surface area contributed by atoms with Crippen LogP contribution in [-0.2, 0) is 18.3 Å². The number of amides is 1. The number of rotatable bonds is 5. The van der Waals surface area contributed by atoms with Crippen molar-refractivity contribution < 1.29 is 14.3 Å². The summed E-state index contributed by atoms with van der Waals surface area (Å²) in [5.74, 6) is 1.14. The van der Waals surface area contributed by atoms with Crippen molar-refractivity contribution in [3.05, 3.63) is 48.0 Å². The molecule has 0 bridgehead atoms. The summed E-state index contributed by atoms with van der Waals surface area (Å²) in [6.45, 7) is 2.37. The standard InChI is InChI=1S/C20H26N4O3/c1-23-10-9-21-19(23)20(25)22-16-13-24(17-4-3-11-27-18(16)17)12-14-5-7-15(26-2)8-6-14/h5-10,16-18H,3-4,11-13H2,1-2H3,(H,22,25)/t16-,17-,18-/m1/s1. The van der Waals surface area contributed by atoms with Crippen LogP contribution >= 0.6 is 0 Å². The molecular formula is C20H26N4O3. The lowest BCUT2D eigenvalue weighted by Crippen LogP contribution is -2.48. The maximum atomic E-state index is 12.6. The van der Waals surface area contributed by atoms with E-state index < -0.39 is 0 Å². The zero-order chi connectivity index (χ0) is 18.8. The molecule has 1 aromatic carbocycles. The minimum absolute atomic E-state index is 0.0289. The van der Waals surface area contributed by atoms with Gasteiger partial charge in [0.1, 0.15) is 5.75 Å². The summed E-state index contributed by atoms with van der Waals surface area (Å²) < 4.78 is 13.0. The van der Waals surface area contributed by atoms with E-state index in [1.807, 2.05) is 19.2 Å². The summed E-state index contributed by atoms with van der Waals surface area (Å²) in [7, 11) is 3.50. The first-order valence-corrected chi connectivity index (χ1v) is 9.42. The first-order chi connectivity index (χ1) is 13.2. The van der Waals surface area contributed by atoms with E-state index >= 15 is 0 Å². The Morgan fingerprint density at radius 2 is 2.19 bits per heavy atom. The van der Waals surface area contributed by atoms with Gasteiger partial charge in [0.05, 0.1) is 19.3 Å². The van der Waals surface area contributed by atoms with Gasteiger partial charge in [-0.05, 0) is 30.5 Å². The topological polar surface area (TPSA) is 68.6 Å². The zero-order valence-electron chi connectivity index (χ0n) is 15.8. The SMILES string of the molecule is COc1ccc(CN2C[C@@H](NC(=O)c3nccn3C)[C@H]3OCCC[C@H]32)cc1. The quantitative estimate of drug-likeness (QED) is 0.866. The molecule has 0 spiro atoms. The summed E-state index contributed by atoms with van der Waals surface area (Å²) in [4.78, 5) is 19.2. The van der Waals surface area contributed by atoms with Crippen LogP contribution in [0.5, 0.6) is 5.75 Å². The number of imidazole rings is 1. The highest BCUT2D eigenvalue weighted by Crippen LogP contribution is 2.30. The van der Waals surface area contributed by atoms with Gasteiger partial charge in [0, 0.05) is 45.2 Å². The van der Waals surface area contributed by atoms with Gasteiger partial charge >= 0.3 is 0 Å². The van der Waals surface area contributed by atoms with Crippen molar-refractivity contribution in [1.29, 1.82) is 0 Å². The van der Waals surface area contributed by atoms with Crippen LogP contribution in [0, 0.1) is 0 Å². The predicted molar refractivity (Wildman–Crippen MR) is 101 cm³/mol. The Kier molecular flexibility index (Phi) is 5.13. The van der Waals surface area contributed by atoms with Crippen molar-refractivity contribution in [3.63, 3.8) is 0 Å². The summed E-state index contributed by atoms with van der Waals surface area (Å²) in [5.41, 5.74) is 1.23. The van der Waals surface area contributed by atoms with Crippen molar-refractivity contribution in [3.8, 4) is 5.75 Å². The molecule has 4 rings (SSSR count). The van der Waals surface area contributed by atoms with E-state index in [0.29, 0.717) is 11.9 Å².